The van der Waals surface area contributed by atoms with Crippen LogP contribution < -0.4 is 0 Å². The molecule has 0 bridgehead atoms. The highest BCUT2D eigenvalue weighted by Crippen LogP contribution is 2.33. The lowest BCUT2D eigenvalue weighted by atomic mass is 9.75. The number of ether oxygens (including phenoxy) is 2. The predicted octanol–water partition coefficient (Wildman–Crippen LogP) is 5.18. The van der Waals surface area contributed by atoms with Crippen molar-refractivity contribution in [3.8, 4) is 0 Å². The van der Waals surface area contributed by atoms with Gasteiger partial charge in [-0.1, -0.05) is 47.0 Å². The molecule has 0 saturated carbocycles. The SMILES string of the molecule is CCCCC(C)C(C)(C)CCOC(=O)OC(C)(C)C. The molecule has 0 rings (SSSR count). The summed E-state index contributed by atoms with van der Waals surface area (Å²) >= 11 is 0. The molecule has 0 fully saturated rings. The van der Waals surface area contributed by atoms with Crippen LogP contribution in [0.1, 0.15) is 74.1 Å². The highest BCUT2D eigenvalue weighted by atomic mass is 16.7. The van der Waals surface area contributed by atoms with Crippen molar-refractivity contribution in [2.24, 2.45) is 11.3 Å². The zero-order valence-electron chi connectivity index (χ0n) is 13.8. The minimum absolute atomic E-state index is 0.192. The number of carbonyl (C=O) groups excluding carboxylic acids is 1. The summed E-state index contributed by atoms with van der Waals surface area (Å²) in [4.78, 5) is 11.4. The van der Waals surface area contributed by atoms with Gasteiger partial charge in [0.1, 0.15) is 5.60 Å². The van der Waals surface area contributed by atoms with Crippen molar-refractivity contribution in [3.63, 3.8) is 0 Å². The number of carbonyl (C=O) groups is 1. The van der Waals surface area contributed by atoms with Crippen LogP contribution in [0.25, 0.3) is 0 Å². The molecular weight excluding hydrogens is 240 g/mol. The van der Waals surface area contributed by atoms with Crippen LogP contribution in [0.2, 0.25) is 0 Å². The molecule has 0 saturated heterocycles. The van der Waals surface area contributed by atoms with Gasteiger partial charge in [-0.25, -0.2) is 4.79 Å². The summed E-state index contributed by atoms with van der Waals surface area (Å²) in [5.41, 5.74) is -0.293. The predicted molar refractivity (Wildman–Crippen MR) is 79.3 cm³/mol. The Kier molecular flexibility index (Phi) is 7.46. The number of rotatable bonds is 7. The van der Waals surface area contributed by atoms with E-state index in [0.717, 1.165) is 6.42 Å². The van der Waals surface area contributed by atoms with Crippen LogP contribution in [0.4, 0.5) is 4.79 Å². The lowest BCUT2D eigenvalue weighted by molar-refractivity contribution is -0.0130. The van der Waals surface area contributed by atoms with Crippen LogP contribution in [0.3, 0.4) is 0 Å². The molecule has 0 aliphatic rings. The molecule has 0 heterocycles. The maximum atomic E-state index is 11.4. The number of unbranched alkanes of at least 4 members (excludes halogenated alkanes) is 1. The largest absolute Gasteiger partial charge is 0.508 e. The van der Waals surface area contributed by atoms with Gasteiger partial charge in [0.25, 0.3) is 0 Å². The highest BCUT2D eigenvalue weighted by molar-refractivity contribution is 5.60. The van der Waals surface area contributed by atoms with Gasteiger partial charge in [-0.2, -0.15) is 0 Å². The normalized spacial score (nSPS) is 14.1. The molecule has 0 radical (unpaired) electrons. The third kappa shape index (κ3) is 8.90. The molecule has 0 aromatic heterocycles. The van der Waals surface area contributed by atoms with Gasteiger partial charge in [-0.3, -0.25) is 0 Å². The van der Waals surface area contributed by atoms with E-state index in [2.05, 4.69) is 27.7 Å². The summed E-state index contributed by atoms with van der Waals surface area (Å²) in [5.74, 6) is 0.634. The van der Waals surface area contributed by atoms with E-state index in [1.54, 1.807) is 0 Å². The van der Waals surface area contributed by atoms with E-state index < -0.39 is 11.8 Å². The molecule has 0 aliphatic heterocycles. The summed E-state index contributed by atoms with van der Waals surface area (Å²) in [5, 5.41) is 0. The van der Waals surface area contributed by atoms with E-state index in [-0.39, 0.29) is 5.41 Å². The monoisotopic (exact) mass is 272 g/mol. The van der Waals surface area contributed by atoms with Crippen LogP contribution in [0.5, 0.6) is 0 Å². The van der Waals surface area contributed by atoms with Crippen LogP contribution in [-0.2, 0) is 9.47 Å². The molecule has 0 aromatic carbocycles. The Morgan fingerprint density at radius 1 is 1.16 bits per heavy atom. The quantitative estimate of drug-likeness (QED) is 0.599. The molecule has 1 atom stereocenters. The maximum Gasteiger partial charge on any atom is 0.508 e. The van der Waals surface area contributed by atoms with Gasteiger partial charge in [0.15, 0.2) is 0 Å². The average molecular weight is 272 g/mol. The van der Waals surface area contributed by atoms with E-state index >= 15 is 0 Å². The van der Waals surface area contributed by atoms with Crippen molar-refractivity contribution < 1.29 is 14.3 Å². The fraction of sp³-hybridized carbons (Fsp3) is 0.938. The van der Waals surface area contributed by atoms with E-state index in [0.29, 0.717) is 12.5 Å². The van der Waals surface area contributed by atoms with E-state index in [9.17, 15) is 4.79 Å². The lowest BCUT2D eigenvalue weighted by Crippen LogP contribution is -2.27. The van der Waals surface area contributed by atoms with E-state index in [4.69, 9.17) is 9.47 Å². The summed E-state index contributed by atoms with van der Waals surface area (Å²) in [6, 6.07) is 0. The van der Waals surface area contributed by atoms with Crippen LogP contribution in [0.15, 0.2) is 0 Å². The Morgan fingerprint density at radius 3 is 2.21 bits per heavy atom. The molecule has 0 spiro atoms. The van der Waals surface area contributed by atoms with Crippen molar-refractivity contribution in [2.75, 3.05) is 6.61 Å². The van der Waals surface area contributed by atoms with E-state index in [1.165, 1.54) is 19.3 Å². The van der Waals surface area contributed by atoms with Crippen LogP contribution in [0, 0.1) is 11.3 Å². The first-order chi connectivity index (χ1) is 8.58. The molecular formula is C16H32O3. The summed E-state index contributed by atoms with van der Waals surface area (Å²) in [6.07, 6.45) is 4.03. The molecule has 0 N–H and O–H groups in total. The van der Waals surface area contributed by atoms with Crippen LogP contribution in [-0.4, -0.2) is 18.4 Å². The van der Waals surface area contributed by atoms with Gasteiger partial charge in [-0.05, 0) is 38.5 Å². The van der Waals surface area contributed by atoms with Crippen molar-refractivity contribution in [3.05, 3.63) is 0 Å². The third-order valence-electron chi connectivity index (χ3n) is 3.68. The summed E-state index contributed by atoms with van der Waals surface area (Å²) < 4.78 is 10.3. The fourth-order valence-corrected chi connectivity index (χ4v) is 1.82. The zero-order chi connectivity index (χ0) is 15.1. The van der Waals surface area contributed by atoms with Crippen molar-refractivity contribution in [1.82, 2.24) is 0 Å². The van der Waals surface area contributed by atoms with Gasteiger partial charge in [0, 0.05) is 0 Å². The van der Waals surface area contributed by atoms with Gasteiger partial charge >= 0.3 is 6.16 Å². The highest BCUT2D eigenvalue weighted by Gasteiger charge is 2.26. The zero-order valence-corrected chi connectivity index (χ0v) is 13.8. The van der Waals surface area contributed by atoms with Crippen LogP contribution >= 0.6 is 0 Å². The minimum Gasteiger partial charge on any atom is -0.434 e. The Morgan fingerprint density at radius 2 is 1.74 bits per heavy atom. The van der Waals surface area contributed by atoms with Crippen molar-refractivity contribution in [1.29, 1.82) is 0 Å². The lowest BCUT2D eigenvalue weighted by Gasteiger charge is -2.32. The molecule has 3 nitrogen and oxygen atoms in total. The molecule has 0 aromatic rings. The van der Waals surface area contributed by atoms with Crippen molar-refractivity contribution in [2.45, 2.75) is 79.8 Å². The first-order valence-corrected chi connectivity index (χ1v) is 7.44. The van der Waals surface area contributed by atoms with Gasteiger partial charge < -0.3 is 9.47 Å². The topological polar surface area (TPSA) is 35.5 Å². The second kappa shape index (κ2) is 7.76. The van der Waals surface area contributed by atoms with Gasteiger partial charge in [0.05, 0.1) is 6.61 Å². The average Bonchev–Trinajstić information content (AvgIpc) is 2.22. The number of hydrogen-bond donors (Lipinski definition) is 0. The standard InChI is InChI=1S/C16H32O3/c1-8-9-10-13(2)16(6,7)11-12-18-14(17)19-15(3,4)5/h13H,8-12H2,1-7H3. The number of hydrogen-bond acceptors (Lipinski definition) is 3. The van der Waals surface area contributed by atoms with Gasteiger partial charge in [-0.15, -0.1) is 0 Å². The first kappa shape index (κ1) is 18.3. The van der Waals surface area contributed by atoms with Crippen molar-refractivity contribution >= 4 is 6.16 Å². The second-order valence-corrected chi connectivity index (χ2v) is 7.09. The maximum absolute atomic E-state index is 11.4. The smallest absolute Gasteiger partial charge is 0.434 e. The summed E-state index contributed by atoms with van der Waals surface area (Å²) in [6.45, 7) is 14.9. The Balaban J connectivity index is 4.01. The van der Waals surface area contributed by atoms with Gasteiger partial charge in [0.2, 0.25) is 0 Å². The molecule has 0 amide bonds. The molecule has 1 unspecified atom stereocenters. The molecule has 3 heteroatoms. The summed E-state index contributed by atoms with van der Waals surface area (Å²) in [7, 11) is 0. The molecule has 19 heavy (non-hydrogen) atoms. The minimum atomic E-state index is -0.565. The Bertz CT molecular complexity index is 264. The fourth-order valence-electron chi connectivity index (χ4n) is 1.82. The Labute approximate surface area is 119 Å². The third-order valence-corrected chi connectivity index (χ3v) is 3.68. The molecule has 0 aliphatic carbocycles. The second-order valence-electron chi connectivity index (χ2n) is 7.09. The Hall–Kier alpha value is -0.730. The van der Waals surface area contributed by atoms with E-state index in [1.807, 2.05) is 20.8 Å². The molecule has 114 valence electrons. The first-order valence-electron chi connectivity index (χ1n) is 7.44.